The van der Waals surface area contributed by atoms with Crippen molar-refractivity contribution in [2.24, 2.45) is 11.3 Å². The van der Waals surface area contributed by atoms with E-state index in [1.54, 1.807) is 0 Å². The van der Waals surface area contributed by atoms with Crippen LogP contribution in [0.1, 0.15) is 32.1 Å². The number of nitrogens with one attached hydrogen (secondary N) is 1. The Bertz CT molecular complexity index is 230. The van der Waals surface area contributed by atoms with Crippen LogP contribution in [0.3, 0.4) is 0 Å². The van der Waals surface area contributed by atoms with Gasteiger partial charge >= 0.3 is 0 Å². The Morgan fingerprint density at radius 3 is 2.53 bits per heavy atom. The summed E-state index contributed by atoms with van der Waals surface area (Å²) in [5.41, 5.74) is -0.0171. The molecule has 1 saturated carbocycles. The van der Waals surface area contributed by atoms with Gasteiger partial charge in [0.05, 0.1) is 0 Å². The van der Waals surface area contributed by atoms with Gasteiger partial charge in [-0.1, -0.05) is 6.42 Å². The Morgan fingerprint density at radius 2 is 2.07 bits per heavy atom. The van der Waals surface area contributed by atoms with Crippen LogP contribution in [0.4, 0.5) is 0 Å². The zero-order chi connectivity index (χ0) is 10.7. The summed E-state index contributed by atoms with van der Waals surface area (Å²) in [4.78, 5) is 12.4. The molecular weight excluding hydrogens is 190 g/mol. The van der Waals surface area contributed by atoms with Crippen LogP contribution in [-0.4, -0.2) is 32.6 Å². The Hall–Kier alpha value is -0.410. The number of Topliss-reactive ketones (excluding diaryl/α,β-unsaturated/α-hetero) is 1. The van der Waals surface area contributed by atoms with E-state index in [9.17, 15) is 4.79 Å². The third-order valence-electron chi connectivity index (χ3n) is 3.94. The predicted molar refractivity (Wildman–Crippen MR) is 58.8 cm³/mol. The van der Waals surface area contributed by atoms with Crippen molar-refractivity contribution >= 4 is 5.78 Å². The van der Waals surface area contributed by atoms with Gasteiger partial charge in [-0.15, -0.1) is 0 Å². The zero-order valence-corrected chi connectivity index (χ0v) is 9.55. The number of carbonyl (C=O) groups is 1. The van der Waals surface area contributed by atoms with Crippen LogP contribution in [0.25, 0.3) is 0 Å². The van der Waals surface area contributed by atoms with E-state index < -0.39 is 0 Å². The lowest BCUT2D eigenvalue weighted by Gasteiger charge is -2.43. The maximum atomic E-state index is 12.4. The van der Waals surface area contributed by atoms with Crippen LogP contribution in [0.5, 0.6) is 0 Å². The molecule has 2 rings (SSSR count). The molecule has 1 N–H and O–H groups in total. The highest BCUT2D eigenvalue weighted by Gasteiger charge is 2.45. The second-order valence-corrected chi connectivity index (χ2v) is 4.92. The van der Waals surface area contributed by atoms with Crippen molar-refractivity contribution in [2.45, 2.75) is 32.1 Å². The Kier molecular flexibility index (Phi) is 3.42. The second kappa shape index (κ2) is 4.62. The fourth-order valence-corrected chi connectivity index (χ4v) is 2.85. The van der Waals surface area contributed by atoms with Crippen molar-refractivity contribution in [1.29, 1.82) is 0 Å². The fraction of sp³-hybridized carbons (Fsp3) is 0.917. The molecule has 3 heteroatoms. The standard InChI is InChI=1S/C12H21NO2/c1-13-9-12(5-2-6-12)11(14)10-3-7-15-8-4-10/h10,13H,2-9H2,1H3. The van der Waals surface area contributed by atoms with E-state index in [2.05, 4.69) is 5.32 Å². The molecule has 0 aromatic carbocycles. The third-order valence-corrected chi connectivity index (χ3v) is 3.94. The van der Waals surface area contributed by atoms with E-state index in [4.69, 9.17) is 4.74 Å². The molecule has 1 heterocycles. The molecule has 1 aliphatic heterocycles. The molecule has 15 heavy (non-hydrogen) atoms. The molecule has 0 radical (unpaired) electrons. The summed E-state index contributed by atoms with van der Waals surface area (Å²) in [5.74, 6) is 0.777. The number of hydrogen-bond acceptors (Lipinski definition) is 3. The number of carbonyl (C=O) groups excluding carboxylic acids is 1. The van der Waals surface area contributed by atoms with Crippen LogP contribution in [-0.2, 0) is 9.53 Å². The summed E-state index contributed by atoms with van der Waals surface area (Å²) in [6, 6.07) is 0. The highest BCUT2D eigenvalue weighted by Crippen LogP contribution is 2.44. The molecule has 0 atom stereocenters. The number of ether oxygens (including phenoxy) is 1. The lowest BCUT2D eigenvalue weighted by molar-refractivity contribution is -0.140. The maximum Gasteiger partial charge on any atom is 0.143 e. The lowest BCUT2D eigenvalue weighted by atomic mass is 9.62. The fourth-order valence-electron chi connectivity index (χ4n) is 2.85. The summed E-state index contributed by atoms with van der Waals surface area (Å²) in [5, 5.41) is 3.18. The average Bonchev–Trinajstić information content (AvgIpc) is 2.24. The van der Waals surface area contributed by atoms with E-state index >= 15 is 0 Å². The molecule has 0 aromatic rings. The van der Waals surface area contributed by atoms with Crippen molar-refractivity contribution in [2.75, 3.05) is 26.8 Å². The third kappa shape index (κ3) is 2.08. The van der Waals surface area contributed by atoms with Gasteiger partial charge in [-0.25, -0.2) is 0 Å². The van der Waals surface area contributed by atoms with Crippen LogP contribution >= 0.6 is 0 Å². The first kappa shape index (κ1) is 11.1. The molecule has 0 amide bonds. The van der Waals surface area contributed by atoms with Crippen molar-refractivity contribution in [1.82, 2.24) is 5.32 Å². The summed E-state index contributed by atoms with van der Waals surface area (Å²) >= 11 is 0. The van der Waals surface area contributed by atoms with Crippen molar-refractivity contribution in [3.63, 3.8) is 0 Å². The largest absolute Gasteiger partial charge is 0.381 e. The smallest absolute Gasteiger partial charge is 0.143 e. The molecule has 2 fully saturated rings. The summed E-state index contributed by atoms with van der Waals surface area (Å²) in [7, 11) is 1.94. The summed E-state index contributed by atoms with van der Waals surface area (Å²) in [6.07, 6.45) is 5.26. The van der Waals surface area contributed by atoms with Gasteiger partial charge in [-0.3, -0.25) is 4.79 Å². The summed E-state index contributed by atoms with van der Waals surface area (Å²) < 4.78 is 5.31. The molecule has 86 valence electrons. The number of rotatable bonds is 4. The quantitative estimate of drug-likeness (QED) is 0.763. The van der Waals surface area contributed by atoms with Crippen LogP contribution in [0, 0.1) is 11.3 Å². The van der Waals surface area contributed by atoms with Crippen LogP contribution in [0.15, 0.2) is 0 Å². The van der Waals surface area contributed by atoms with Gasteiger partial charge in [0, 0.05) is 31.1 Å². The van der Waals surface area contributed by atoms with E-state index in [-0.39, 0.29) is 11.3 Å². The zero-order valence-electron chi connectivity index (χ0n) is 9.55. The van der Waals surface area contributed by atoms with Gasteiger partial charge < -0.3 is 10.1 Å². The molecular formula is C12H21NO2. The van der Waals surface area contributed by atoms with E-state index in [1.165, 1.54) is 6.42 Å². The van der Waals surface area contributed by atoms with Gasteiger partial charge in [0.1, 0.15) is 5.78 Å². The first-order chi connectivity index (χ1) is 7.28. The van der Waals surface area contributed by atoms with Gasteiger partial charge in [0.2, 0.25) is 0 Å². The normalized spacial score (nSPS) is 25.9. The minimum Gasteiger partial charge on any atom is -0.381 e. The second-order valence-electron chi connectivity index (χ2n) is 4.92. The van der Waals surface area contributed by atoms with Gasteiger partial charge in [-0.2, -0.15) is 0 Å². The van der Waals surface area contributed by atoms with E-state index in [0.717, 1.165) is 45.4 Å². The van der Waals surface area contributed by atoms with Crippen LogP contribution < -0.4 is 5.32 Å². The van der Waals surface area contributed by atoms with Crippen molar-refractivity contribution in [3.8, 4) is 0 Å². The van der Waals surface area contributed by atoms with Gasteiger partial charge in [0.25, 0.3) is 0 Å². The van der Waals surface area contributed by atoms with E-state index in [0.29, 0.717) is 5.78 Å². The predicted octanol–water partition coefficient (Wildman–Crippen LogP) is 1.37. The highest BCUT2D eigenvalue weighted by atomic mass is 16.5. The molecule has 1 aliphatic carbocycles. The van der Waals surface area contributed by atoms with Crippen LogP contribution in [0.2, 0.25) is 0 Å². The number of hydrogen-bond donors (Lipinski definition) is 1. The highest BCUT2D eigenvalue weighted by molar-refractivity contribution is 5.88. The minimum atomic E-state index is -0.0171. The lowest BCUT2D eigenvalue weighted by Crippen LogP contribution is -2.48. The minimum absolute atomic E-state index is 0.0171. The maximum absolute atomic E-state index is 12.4. The molecule has 0 spiro atoms. The molecule has 3 nitrogen and oxygen atoms in total. The Labute approximate surface area is 91.6 Å². The first-order valence-electron chi connectivity index (χ1n) is 6.05. The summed E-state index contributed by atoms with van der Waals surface area (Å²) in [6.45, 7) is 2.40. The molecule has 0 aromatic heterocycles. The van der Waals surface area contributed by atoms with Crippen molar-refractivity contribution in [3.05, 3.63) is 0 Å². The van der Waals surface area contributed by atoms with Gasteiger partial charge in [0.15, 0.2) is 0 Å². The Balaban J connectivity index is 1.97. The average molecular weight is 211 g/mol. The molecule has 0 unspecified atom stereocenters. The molecule has 2 aliphatic rings. The first-order valence-corrected chi connectivity index (χ1v) is 6.05. The van der Waals surface area contributed by atoms with Gasteiger partial charge in [-0.05, 0) is 32.7 Å². The Morgan fingerprint density at radius 1 is 1.40 bits per heavy atom. The monoisotopic (exact) mass is 211 g/mol. The number of ketones is 1. The SMILES string of the molecule is CNCC1(C(=O)C2CCOCC2)CCC1. The topological polar surface area (TPSA) is 38.3 Å². The van der Waals surface area contributed by atoms with Crippen molar-refractivity contribution < 1.29 is 9.53 Å². The molecule has 1 saturated heterocycles. The molecule has 0 bridgehead atoms. The van der Waals surface area contributed by atoms with E-state index in [1.807, 2.05) is 7.05 Å².